The van der Waals surface area contributed by atoms with Crippen LogP contribution in [0.2, 0.25) is 0 Å². The summed E-state index contributed by atoms with van der Waals surface area (Å²) in [5.41, 5.74) is 0. The summed E-state index contributed by atoms with van der Waals surface area (Å²) in [6.45, 7) is 7.34. The van der Waals surface area contributed by atoms with E-state index in [1.54, 1.807) is 0 Å². The molecule has 1 atom stereocenters. The molecular weight excluding hydrogens is 409 g/mol. The molecular formula is C12H26IN3O2S2. The Kier molecular flexibility index (Phi) is 10.2. The van der Waals surface area contributed by atoms with Crippen LogP contribution < -0.4 is 5.32 Å². The van der Waals surface area contributed by atoms with Crippen molar-refractivity contribution in [3.63, 3.8) is 0 Å². The van der Waals surface area contributed by atoms with Gasteiger partial charge >= 0.3 is 0 Å². The number of nitrogens with zero attached hydrogens (tertiary/aromatic N) is 2. The molecule has 0 aromatic heterocycles. The molecule has 20 heavy (non-hydrogen) atoms. The summed E-state index contributed by atoms with van der Waals surface area (Å²) in [7, 11) is -2.94. The zero-order valence-electron chi connectivity index (χ0n) is 12.5. The van der Waals surface area contributed by atoms with Crippen molar-refractivity contribution in [1.82, 2.24) is 10.2 Å². The Morgan fingerprint density at radius 3 is 2.70 bits per heavy atom. The van der Waals surface area contributed by atoms with E-state index < -0.39 is 9.84 Å². The van der Waals surface area contributed by atoms with Gasteiger partial charge in [-0.3, -0.25) is 4.99 Å². The fourth-order valence-electron chi connectivity index (χ4n) is 1.90. The SMILES string of the molecule is CCNC(=NCCS(C)(=O)=O)N1CCSC(CC)C1.I. The van der Waals surface area contributed by atoms with Crippen LogP contribution in [0.4, 0.5) is 0 Å². The van der Waals surface area contributed by atoms with Crippen LogP contribution in [0.15, 0.2) is 4.99 Å². The average molecular weight is 435 g/mol. The van der Waals surface area contributed by atoms with Crippen molar-refractivity contribution in [2.45, 2.75) is 25.5 Å². The molecule has 1 N–H and O–H groups in total. The number of sulfone groups is 1. The molecule has 1 heterocycles. The minimum absolute atomic E-state index is 0. The Labute approximate surface area is 144 Å². The zero-order chi connectivity index (χ0) is 14.3. The van der Waals surface area contributed by atoms with Crippen LogP contribution in [0.1, 0.15) is 20.3 Å². The molecule has 0 spiro atoms. The number of nitrogens with one attached hydrogen (secondary N) is 1. The van der Waals surface area contributed by atoms with Gasteiger partial charge in [0.25, 0.3) is 0 Å². The maximum Gasteiger partial charge on any atom is 0.194 e. The van der Waals surface area contributed by atoms with Gasteiger partial charge in [-0.25, -0.2) is 8.42 Å². The van der Waals surface area contributed by atoms with E-state index >= 15 is 0 Å². The van der Waals surface area contributed by atoms with E-state index in [1.165, 1.54) is 6.26 Å². The van der Waals surface area contributed by atoms with Crippen LogP contribution in [0.25, 0.3) is 0 Å². The van der Waals surface area contributed by atoms with E-state index in [0.717, 1.165) is 37.8 Å². The molecule has 1 saturated heterocycles. The number of halogens is 1. The first-order valence-electron chi connectivity index (χ1n) is 6.78. The van der Waals surface area contributed by atoms with Gasteiger partial charge in [0.1, 0.15) is 9.84 Å². The van der Waals surface area contributed by atoms with Crippen LogP contribution in [0.5, 0.6) is 0 Å². The van der Waals surface area contributed by atoms with Crippen molar-refractivity contribution in [2.75, 3.05) is 43.9 Å². The van der Waals surface area contributed by atoms with Crippen molar-refractivity contribution in [1.29, 1.82) is 0 Å². The molecule has 1 aliphatic rings. The lowest BCUT2D eigenvalue weighted by atomic mass is 10.3. The smallest absolute Gasteiger partial charge is 0.194 e. The molecule has 1 aliphatic heterocycles. The molecule has 120 valence electrons. The van der Waals surface area contributed by atoms with Gasteiger partial charge in [0, 0.05) is 36.9 Å². The van der Waals surface area contributed by atoms with Gasteiger partial charge in [-0.2, -0.15) is 11.8 Å². The second-order valence-electron chi connectivity index (χ2n) is 4.71. The standard InChI is InChI=1S/C12H25N3O2S2.HI/c1-4-11-10-15(7-8-18-11)12(13-5-2)14-6-9-19(3,16)17;/h11H,4-10H2,1-3H3,(H,13,14);1H. The third-order valence-electron chi connectivity index (χ3n) is 2.95. The summed E-state index contributed by atoms with van der Waals surface area (Å²) in [4.78, 5) is 6.68. The normalized spacial score (nSPS) is 20.4. The van der Waals surface area contributed by atoms with E-state index in [2.05, 4.69) is 22.1 Å². The van der Waals surface area contributed by atoms with Crippen LogP contribution in [-0.2, 0) is 9.84 Å². The van der Waals surface area contributed by atoms with Crippen LogP contribution in [-0.4, -0.2) is 68.5 Å². The van der Waals surface area contributed by atoms with Crippen molar-refractivity contribution in [2.24, 2.45) is 4.99 Å². The molecule has 0 radical (unpaired) electrons. The zero-order valence-corrected chi connectivity index (χ0v) is 16.4. The minimum Gasteiger partial charge on any atom is -0.357 e. The summed E-state index contributed by atoms with van der Waals surface area (Å²) in [5, 5.41) is 3.90. The monoisotopic (exact) mass is 435 g/mol. The van der Waals surface area contributed by atoms with E-state index in [1.807, 2.05) is 18.7 Å². The maximum atomic E-state index is 11.1. The lowest BCUT2D eigenvalue weighted by Crippen LogP contribution is -2.48. The Morgan fingerprint density at radius 2 is 2.15 bits per heavy atom. The van der Waals surface area contributed by atoms with E-state index in [9.17, 15) is 8.42 Å². The molecule has 0 aromatic carbocycles. The van der Waals surface area contributed by atoms with Crippen molar-refractivity contribution in [3.05, 3.63) is 0 Å². The summed E-state index contributed by atoms with van der Waals surface area (Å²) in [6.07, 6.45) is 2.41. The number of aliphatic imine (C=N–C) groups is 1. The van der Waals surface area contributed by atoms with E-state index in [-0.39, 0.29) is 29.7 Å². The number of rotatable bonds is 5. The molecule has 0 aliphatic carbocycles. The summed E-state index contributed by atoms with van der Waals surface area (Å²) in [5.74, 6) is 2.07. The molecule has 0 aromatic rings. The molecule has 0 saturated carbocycles. The average Bonchev–Trinajstić information content (AvgIpc) is 2.36. The van der Waals surface area contributed by atoms with Gasteiger partial charge in [0.15, 0.2) is 5.96 Å². The van der Waals surface area contributed by atoms with E-state index in [4.69, 9.17) is 0 Å². The topological polar surface area (TPSA) is 61.8 Å². The summed E-state index contributed by atoms with van der Waals surface area (Å²) in [6, 6.07) is 0. The third-order valence-corrected chi connectivity index (χ3v) is 5.25. The number of thioether (sulfide) groups is 1. The van der Waals surface area contributed by atoms with Gasteiger partial charge in [0.2, 0.25) is 0 Å². The molecule has 0 bridgehead atoms. The number of guanidine groups is 1. The predicted octanol–water partition coefficient (Wildman–Crippen LogP) is 1.44. The van der Waals surface area contributed by atoms with Crippen LogP contribution in [0, 0.1) is 0 Å². The Morgan fingerprint density at radius 1 is 1.45 bits per heavy atom. The Balaban J connectivity index is 0.00000361. The Bertz CT molecular complexity index is 402. The van der Waals surface area contributed by atoms with Gasteiger partial charge < -0.3 is 10.2 Å². The molecule has 1 fully saturated rings. The van der Waals surface area contributed by atoms with Crippen molar-refractivity contribution >= 4 is 51.5 Å². The molecule has 0 amide bonds. The van der Waals surface area contributed by atoms with Crippen molar-refractivity contribution < 1.29 is 8.42 Å². The van der Waals surface area contributed by atoms with Gasteiger partial charge in [-0.05, 0) is 13.3 Å². The first-order chi connectivity index (χ1) is 8.96. The second-order valence-corrected chi connectivity index (χ2v) is 8.38. The highest BCUT2D eigenvalue weighted by molar-refractivity contribution is 14.0. The highest BCUT2D eigenvalue weighted by atomic mass is 127. The van der Waals surface area contributed by atoms with Crippen molar-refractivity contribution in [3.8, 4) is 0 Å². The largest absolute Gasteiger partial charge is 0.357 e. The first kappa shape index (κ1) is 20.3. The fourth-order valence-corrected chi connectivity index (χ4v) is 3.50. The Hall–Kier alpha value is 0.300. The van der Waals surface area contributed by atoms with Gasteiger partial charge in [-0.1, -0.05) is 6.92 Å². The third kappa shape index (κ3) is 7.92. The highest BCUT2D eigenvalue weighted by Crippen LogP contribution is 2.20. The predicted molar refractivity (Wildman–Crippen MR) is 99.2 cm³/mol. The lowest BCUT2D eigenvalue weighted by molar-refractivity contribution is 0.408. The fraction of sp³-hybridized carbons (Fsp3) is 0.917. The van der Waals surface area contributed by atoms with Gasteiger partial charge in [0.05, 0.1) is 12.3 Å². The maximum absolute atomic E-state index is 11.1. The quantitative estimate of drug-likeness (QED) is 0.403. The summed E-state index contributed by atoms with van der Waals surface area (Å²) < 4.78 is 22.3. The molecule has 1 rings (SSSR count). The van der Waals surface area contributed by atoms with Crippen LogP contribution in [0.3, 0.4) is 0 Å². The second kappa shape index (κ2) is 10.1. The minimum atomic E-state index is -2.94. The molecule has 1 unspecified atom stereocenters. The molecule has 5 nitrogen and oxygen atoms in total. The molecule has 8 heteroatoms. The van der Waals surface area contributed by atoms with Gasteiger partial charge in [-0.15, -0.1) is 24.0 Å². The number of hydrogen-bond acceptors (Lipinski definition) is 4. The van der Waals surface area contributed by atoms with Crippen LogP contribution >= 0.6 is 35.7 Å². The lowest BCUT2D eigenvalue weighted by Gasteiger charge is -2.34. The number of hydrogen-bond donors (Lipinski definition) is 1. The first-order valence-corrected chi connectivity index (χ1v) is 9.89. The van der Waals surface area contributed by atoms with E-state index in [0.29, 0.717) is 11.8 Å². The highest BCUT2D eigenvalue weighted by Gasteiger charge is 2.21. The summed E-state index contributed by atoms with van der Waals surface area (Å²) >= 11 is 2.01.